The fourth-order valence-electron chi connectivity index (χ4n) is 2.51. The predicted octanol–water partition coefficient (Wildman–Crippen LogP) is 5.43. The zero-order valence-electron chi connectivity index (χ0n) is 13.7. The Morgan fingerprint density at radius 1 is 1.12 bits per heavy atom. The summed E-state index contributed by atoms with van der Waals surface area (Å²) in [7, 11) is 0. The molecule has 0 fully saturated rings. The molecule has 4 heteroatoms. The number of aromatic nitrogens is 1. The van der Waals surface area contributed by atoms with Gasteiger partial charge in [-0.3, -0.25) is 0 Å². The Morgan fingerprint density at radius 2 is 1.88 bits per heavy atom. The molecular weight excluding hydrogens is 322 g/mol. The standard InChI is InChI=1S/C20H18ClNO2/c1-3-10-24-20(23)17-12-19(14-6-4-13(2)5-7-14)22-18-9-8-15(21)11-16(17)18/h4-9,11-12H,3,10H2,1-2H3. The maximum absolute atomic E-state index is 12.5. The molecule has 0 atom stereocenters. The van der Waals surface area contributed by atoms with Crippen LogP contribution in [0.5, 0.6) is 0 Å². The monoisotopic (exact) mass is 339 g/mol. The lowest BCUT2D eigenvalue weighted by Crippen LogP contribution is -2.07. The van der Waals surface area contributed by atoms with Gasteiger partial charge < -0.3 is 4.74 Å². The summed E-state index contributed by atoms with van der Waals surface area (Å²) in [4.78, 5) is 17.1. The molecule has 0 saturated heterocycles. The van der Waals surface area contributed by atoms with Gasteiger partial charge in [0.2, 0.25) is 0 Å². The maximum Gasteiger partial charge on any atom is 0.338 e. The summed E-state index contributed by atoms with van der Waals surface area (Å²) >= 11 is 6.09. The van der Waals surface area contributed by atoms with Crippen LogP contribution in [0.3, 0.4) is 0 Å². The summed E-state index contributed by atoms with van der Waals surface area (Å²) < 4.78 is 5.33. The van der Waals surface area contributed by atoms with Crippen molar-refractivity contribution in [1.29, 1.82) is 0 Å². The van der Waals surface area contributed by atoms with Crippen molar-refractivity contribution in [2.24, 2.45) is 0 Å². The van der Waals surface area contributed by atoms with E-state index in [1.54, 1.807) is 18.2 Å². The van der Waals surface area contributed by atoms with Gasteiger partial charge >= 0.3 is 5.97 Å². The van der Waals surface area contributed by atoms with Crippen LogP contribution in [0.25, 0.3) is 22.2 Å². The van der Waals surface area contributed by atoms with Gasteiger partial charge in [0.05, 0.1) is 23.4 Å². The van der Waals surface area contributed by atoms with E-state index in [-0.39, 0.29) is 5.97 Å². The van der Waals surface area contributed by atoms with Crippen LogP contribution < -0.4 is 0 Å². The van der Waals surface area contributed by atoms with Gasteiger partial charge in [-0.05, 0) is 37.6 Å². The summed E-state index contributed by atoms with van der Waals surface area (Å²) in [6.45, 7) is 4.39. The van der Waals surface area contributed by atoms with E-state index in [9.17, 15) is 4.79 Å². The van der Waals surface area contributed by atoms with Crippen molar-refractivity contribution in [2.45, 2.75) is 20.3 Å². The molecule has 1 aromatic heterocycles. The van der Waals surface area contributed by atoms with E-state index < -0.39 is 0 Å². The Kier molecular flexibility index (Phi) is 4.81. The van der Waals surface area contributed by atoms with Crippen LogP contribution in [-0.2, 0) is 4.74 Å². The molecule has 122 valence electrons. The van der Waals surface area contributed by atoms with Crippen molar-refractivity contribution in [3.63, 3.8) is 0 Å². The number of benzene rings is 2. The van der Waals surface area contributed by atoms with Crippen LogP contribution in [0.1, 0.15) is 29.3 Å². The average Bonchev–Trinajstić information content (AvgIpc) is 2.59. The molecule has 0 aliphatic rings. The minimum absolute atomic E-state index is 0.347. The molecule has 0 saturated carbocycles. The Hall–Kier alpha value is -2.39. The number of ether oxygens (including phenoxy) is 1. The normalized spacial score (nSPS) is 10.8. The van der Waals surface area contributed by atoms with Gasteiger partial charge in [0, 0.05) is 16.0 Å². The lowest BCUT2D eigenvalue weighted by Gasteiger charge is -2.10. The highest BCUT2D eigenvalue weighted by Crippen LogP contribution is 2.27. The zero-order chi connectivity index (χ0) is 17.1. The molecule has 0 N–H and O–H groups in total. The Balaban J connectivity index is 2.16. The summed E-state index contributed by atoms with van der Waals surface area (Å²) in [5.74, 6) is -0.347. The van der Waals surface area contributed by atoms with E-state index in [0.717, 1.165) is 23.2 Å². The van der Waals surface area contributed by atoms with E-state index in [0.29, 0.717) is 22.6 Å². The van der Waals surface area contributed by atoms with Crippen molar-refractivity contribution >= 4 is 28.5 Å². The number of aryl methyl sites for hydroxylation is 1. The second-order valence-electron chi connectivity index (χ2n) is 5.72. The molecule has 0 radical (unpaired) electrons. The third kappa shape index (κ3) is 3.41. The van der Waals surface area contributed by atoms with Crippen molar-refractivity contribution in [1.82, 2.24) is 4.98 Å². The largest absolute Gasteiger partial charge is 0.462 e. The van der Waals surface area contributed by atoms with Crippen LogP contribution >= 0.6 is 11.6 Å². The lowest BCUT2D eigenvalue weighted by atomic mass is 10.0. The number of hydrogen-bond acceptors (Lipinski definition) is 3. The Bertz CT molecular complexity index is 888. The first-order valence-corrected chi connectivity index (χ1v) is 8.30. The molecule has 0 bridgehead atoms. The number of fused-ring (bicyclic) bond motifs is 1. The number of hydrogen-bond donors (Lipinski definition) is 0. The highest BCUT2D eigenvalue weighted by molar-refractivity contribution is 6.31. The molecule has 0 aliphatic heterocycles. The molecule has 3 nitrogen and oxygen atoms in total. The SMILES string of the molecule is CCCOC(=O)c1cc(-c2ccc(C)cc2)nc2ccc(Cl)cc12. The van der Waals surface area contributed by atoms with Crippen molar-refractivity contribution < 1.29 is 9.53 Å². The molecule has 0 aliphatic carbocycles. The third-order valence-corrected chi connectivity index (χ3v) is 4.01. The Morgan fingerprint density at radius 3 is 2.58 bits per heavy atom. The molecule has 3 aromatic rings. The van der Waals surface area contributed by atoms with Gasteiger partial charge in [0.25, 0.3) is 0 Å². The second kappa shape index (κ2) is 7.02. The van der Waals surface area contributed by atoms with Gasteiger partial charge in [-0.2, -0.15) is 0 Å². The second-order valence-corrected chi connectivity index (χ2v) is 6.15. The number of rotatable bonds is 4. The van der Waals surface area contributed by atoms with Gasteiger partial charge in [-0.25, -0.2) is 9.78 Å². The highest BCUT2D eigenvalue weighted by atomic mass is 35.5. The van der Waals surface area contributed by atoms with Crippen molar-refractivity contribution in [2.75, 3.05) is 6.61 Å². The van der Waals surface area contributed by atoms with E-state index in [1.165, 1.54) is 5.56 Å². The first-order valence-electron chi connectivity index (χ1n) is 7.93. The molecule has 0 spiro atoms. The predicted molar refractivity (Wildman–Crippen MR) is 97.5 cm³/mol. The molecule has 1 heterocycles. The minimum Gasteiger partial charge on any atom is -0.462 e. The van der Waals surface area contributed by atoms with Crippen LogP contribution in [0, 0.1) is 6.92 Å². The molecular formula is C20H18ClNO2. The van der Waals surface area contributed by atoms with Gasteiger partial charge in [0.15, 0.2) is 0 Å². The number of nitrogens with zero attached hydrogens (tertiary/aromatic N) is 1. The Labute approximate surface area is 146 Å². The molecule has 0 amide bonds. The van der Waals surface area contributed by atoms with E-state index in [4.69, 9.17) is 16.3 Å². The van der Waals surface area contributed by atoms with E-state index in [2.05, 4.69) is 4.98 Å². The molecule has 3 rings (SSSR count). The van der Waals surface area contributed by atoms with Gasteiger partial charge in [-0.1, -0.05) is 48.4 Å². The zero-order valence-corrected chi connectivity index (χ0v) is 14.4. The van der Waals surface area contributed by atoms with Gasteiger partial charge in [0.1, 0.15) is 0 Å². The summed E-state index contributed by atoms with van der Waals surface area (Å²) in [6.07, 6.45) is 0.778. The first kappa shape index (κ1) is 16.5. The van der Waals surface area contributed by atoms with E-state index in [1.807, 2.05) is 44.2 Å². The van der Waals surface area contributed by atoms with Gasteiger partial charge in [-0.15, -0.1) is 0 Å². The van der Waals surface area contributed by atoms with Crippen molar-refractivity contribution in [3.8, 4) is 11.3 Å². The van der Waals surface area contributed by atoms with Crippen LogP contribution in [0.15, 0.2) is 48.5 Å². The fourth-order valence-corrected chi connectivity index (χ4v) is 2.68. The lowest BCUT2D eigenvalue weighted by molar-refractivity contribution is 0.0507. The highest BCUT2D eigenvalue weighted by Gasteiger charge is 2.15. The van der Waals surface area contributed by atoms with E-state index >= 15 is 0 Å². The van der Waals surface area contributed by atoms with Crippen LogP contribution in [0.2, 0.25) is 5.02 Å². The molecule has 2 aromatic carbocycles. The summed E-state index contributed by atoms with van der Waals surface area (Å²) in [5, 5.41) is 1.27. The average molecular weight is 340 g/mol. The topological polar surface area (TPSA) is 39.2 Å². The number of carbonyl (C=O) groups is 1. The number of pyridine rings is 1. The quantitative estimate of drug-likeness (QED) is 0.595. The van der Waals surface area contributed by atoms with Crippen LogP contribution in [-0.4, -0.2) is 17.6 Å². The fraction of sp³-hybridized carbons (Fsp3) is 0.200. The summed E-state index contributed by atoms with van der Waals surface area (Å²) in [5.41, 5.74) is 4.09. The molecule has 0 unspecified atom stereocenters. The number of esters is 1. The number of halogens is 1. The number of carbonyl (C=O) groups excluding carboxylic acids is 1. The van der Waals surface area contributed by atoms with Crippen LogP contribution in [0.4, 0.5) is 0 Å². The third-order valence-electron chi connectivity index (χ3n) is 3.78. The van der Waals surface area contributed by atoms with Crippen molar-refractivity contribution in [3.05, 3.63) is 64.7 Å². The minimum atomic E-state index is -0.347. The summed E-state index contributed by atoms with van der Waals surface area (Å²) in [6, 6.07) is 15.2. The molecule has 24 heavy (non-hydrogen) atoms. The maximum atomic E-state index is 12.5. The smallest absolute Gasteiger partial charge is 0.338 e. The first-order chi connectivity index (χ1) is 11.6.